The van der Waals surface area contributed by atoms with Crippen LogP contribution in [0.4, 0.5) is 4.39 Å². The highest BCUT2D eigenvalue weighted by Gasteiger charge is 2.20. The number of halogens is 1. The number of aryl methyl sites for hydroxylation is 1. The Morgan fingerprint density at radius 2 is 2.00 bits per heavy atom. The molecule has 20 heavy (non-hydrogen) atoms. The number of aromatic nitrogens is 2. The SMILES string of the molecule is COc1cnc(C(N)c2ccc(C)cc2F)c(OC)n1. The fourth-order valence-electron chi connectivity index (χ4n) is 1.86. The molecule has 106 valence electrons. The van der Waals surface area contributed by atoms with Crippen LogP contribution in [-0.4, -0.2) is 24.2 Å². The van der Waals surface area contributed by atoms with Crippen LogP contribution in [0.3, 0.4) is 0 Å². The Kier molecular flexibility index (Phi) is 4.14. The molecule has 1 aromatic heterocycles. The van der Waals surface area contributed by atoms with Gasteiger partial charge in [0.25, 0.3) is 0 Å². The lowest BCUT2D eigenvalue weighted by molar-refractivity contribution is 0.355. The van der Waals surface area contributed by atoms with Crippen molar-refractivity contribution in [1.82, 2.24) is 9.97 Å². The topological polar surface area (TPSA) is 70.3 Å². The molecule has 6 heteroatoms. The van der Waals surface area contributed by atoms with Crippen LogP contribution in [0.2, 0.25) is 0 Å². The summed E-state index contributed by atoms with van der Waals surface area (Å²) in [6.45, 7) is 1.81. The van der Waals surface area contributed by atoms with E-state index in [2.05, 4.69) is 9.97 Å². The van der Waals surface area contributed by atoms with Gasteiger partial charge in [-0.3, -0.25) is 0 Å². The number of benzene rings is 1. The van der Waals surface area contributed by atoms with Crippen LogP contribution in [0.1, 0.15) is 22.9 Å². The largest absolute Gasteiger partial charge is 0.480 e. The third-order valence-electron chi connectivity index (χ3n) is 2.93. The lowest BCUT2D eigenvalue weighted by atomic mass is 10.0. The summed E-state index contributed by atoms with van der Waals surface area (Å²) in [7, 11) is 2.92. The maximum absolute atomic E-state index is 14.0. The Morgan fingerprint density at radius 1 is 1.25 bits per heavy atom. The van der Waals surface area contributed by atoms with Crippen molar-refractivity contribution in [3.63, 3.8) is 0 Å². The fraction of sp³-hybridized carbons (Fsp3) is 0.286. The van der Waals surface area contributed by atoms with Crippen LogP contribution in [0.15, 0.2) is 24.4 Å². The molecule has 0 saturated heterocycles. The van der Waals surface area contributed by atoms with Gasteiger partial charge in [0.05, 0.1) is 26.5 Å². The first-order valence-corrected chi connectivity index (χ1v) is 6.03. The lowest BCUT2D eigenvalue weighted by Crippen LogP contribution is -2.17. The quantitative estimate of drug-likeness (QED) is 0.925. The molecule has 2 aromatic rings. The van der Waals surface area contributed by atoms with Gasteiger partial charge in [-0.15, -0.1) is 0 Å². The third kappa shape index (κ3) is 2.70. The first-order valence-electron chi connectivity index (χ1n) is 6.03. The number of nitrogens with zero attached hydrogens (tertiary/aromatic N) is 2. The normalized spacial score (nSPS) is 12.1. The van der Waals surface area contributed by atoms with Crippen molar-refractivity contribution in [2.24, 2.45) is 5.73 Å². The standard InChI is InChI=1S/C14H16FN3O2/c1-8-4-5-9(10(15)6-8)12(16)13-14(20-3)18-11(19-2)7-17-13/h4-7,12H,16H2,1-3H3. The fourth-order valence-corrected chi connectivity index (χ4v) is 1.86. The maximum Gasteiger partial charge on any atom is 0.240 e. The zero-order valence-electron chi connectivity index (χ0n) is 11.6. The van der Waals surface area contributed by atoms with Crippen molar-refractivity contribution in [2.45, 2.75) is 13.0 Å². The minimum Gasteiger partial charge on any atom is -0.480 e. The molecule has 0 fully saturated rings. The van der Waals surface area contributed by atoms with Crippen LogP contribution >= 0.6 is 0 Å². The molecule has 0 aliphatic carbocycles. The van der Waals surface area contributed by atoms with E-state index in [9.17, 15) is 4.39 Å². The molecule has 2 N–H and O–H groups in total. The van der Waals surface area contributed by atoms with Gasteiger partial charge < -0.3 is 15.2 Å². The van der Waals surface area contributed by atoms with Crippen molar-refractivity contribution in [3.05, 3.63) is 47.0 Å². The second-order valence-corrected chi connectivity index (χ2v) is 4.31. The van der Waals surface area contributed by atoms with Crippen molar-refractivity contribution in [1.29, 1.82) is 0 Å². The maximum atomic E-state index is 14.0. The molecule has 1 unspecified atom stereocenters. The van der Waals surface area contributed by atoms with Crippen LogP contribution < -0.4 is 15.2 Å². The van der Waals surface area contributed by atoms with E-state index in [-0.39, 0.29) is 11.7 Å². The first kappa shape index (κ1) is 14.2. The number of hydrogen-bond acceptors (Lipinski definition) is 5. The zero-order valence-corrected chi connectivity index (χ0v) is 11.6. The highest BCUT2D eigenvalue weighted by Crippen LogP contribution is 2.28. The number of rotatable bonds is 4. The predicted molar refractivity (Wildman–Crippen MR) is 72.3 cm³/mol. The highest BCUT2D eigenvalue weighted by atomic mass is 19.1. The number of methoxy groups -OCH3 is 2. The second-order valence-electron chi connectivity index (χ2n) is 4.31. The molecule has 0 spiro atoms. The Hall–Kier alpha value is -2.21. The van der Waals surface area contributed by atoms with Crippen LogP contribution in [0, 0.1) is 12.7 Å². The van der Waals surface area contributed by atoms with E-state index in [1.807, 2.05) is 6.92 Å². The number of ether oxygens (including phenoxy) is 2. The minimum atomic E-state index is -0.760. The van der Waals surface area contributed by atoms with E-state index in [0.717, 1.165) is 5.56 Å². The van der Waals surface area contributed by atoms with E-state index in [4.69, 9.17) is 15.2 Å². The Balaban J connectivity index is 2.44. The molecule has 0 radical (unpaired) electrons. The molecule has 5 nitrogen and oxygen atoms in total. The van der Waals surface area contributed by atoms with Crippen molar-refractivity contribution in [2.75, 3.05) is 14.2 Å². The molecular formula is C14H16FN3O2. The van der Waals surface area contributed by atoms with Gasteiger partial charge >= 0.3 is 0 Å². The summed E-state index contributed by atoms with van der Waals surface area (Å²) in [5.41, 5.74) is 7.60. The van der Waals surface area contributed by atoms with E-state index in [0.29, 0.717) is 17.1 Å². The highest BCUT2D eigenvalue weighted by molar-refractivity contribution is 5.36. The number of nitrogens with two attached hydrogens (primary N) is 1. The Morgan fingerprint density at radius 3 is 2.60 bits per heavy atom. The van der Waals surface area contributed by atoms with E-state index in [1.54, 1.807) is 12.1 Å². The molecule has 2 rings (SSSR count). The molecular weight excluding hydrogens is 261 g/mol. The Bertz CT molecular complexity index is 619. The Labute approximate surface area is 116 Å². The molecule has 0 bridgehead atoms. The van der Waals surface area contributed by atoms with Crippen molar-refractivity contribution in [3.8, 4) is 11.8 Å². The molecule has 1 atom stereocenters. The average molecular weight is 277 g/mol. The summed E-state index contributed by atoms with van der Waals surface area (Å²) in [5, 5.41) is 0. The lowest BCUT2D eigenvalue weighted by Gasteiger charge is -2.15. The zero-order chi connectivity index (χ0) is 14.7. The molecule has 0 aliphatic rings. The molecule has 1 aromatic carbocycles. The molecule has 0 aliphatic heterocycles. The van der Waals surface area contributed by atoms with Gasteiger partial charge in [0.2, 0.25) is 11.8 Å². The van der Waals surface area contributed by atoms with Crippen LogP contribution in [-0.2, 0) is 0 Å². The van der Waals surface area contributed by atoms with Crippen molar-refractivity contribution < 1.29 is 13.9 Å². The van der Waals surface area contributed by atoms with E-state index < -0.39 is 6.04 Å². The van der Waals surface area contributed by atoms with Crippen LogP contribution in [0.5, 0.6) is 11.8 Å². The summed E-state index contributed by atoms with van der Waals surface area (Å²) in [4.78, 5) is 8.25. The van der Waals surface area contributed by atoms with Gasteiger partial charge in [0.15, 0.2) is 0 Å². The van der Waals surface area contributed by atoms with Gasteiger partial charge in [-0.25, -0.2) is 9.37 Å². The first-order chi connectivity index (χ1) is 9.56. The third-order valence-corrected chi connectivity index (χ3v) is 2.93. The number of hydrogen-bond donors (Lipinski definition) is 1. The smallest absolute Gasteiger partial charge is 0.240 e. The van der Waals surface area contributed by atoms with E-state index in [1.165, 1.54) is 26.5 Å². The summed E-state index contributed by atoms with van der Waals surface area (Å²) in [5.74, 6) is 0.149. The van der Waals surface area contributed by atoms with Gasteiger partial charge in [0, 0.05) is 5.56 Å². The van der Waals surface area contributed by atoms with Gasteiger partial charge in [0.1, 0.15) is 11.5 Å². The molecule has 1 heterocycles. The molecule has 0 saturated carbocycles. The van der Waals surface area contributed by atoms with E-state index >= 15 is 0 Å². The van der Waals surface area contributed by atoms with Gasteiger partial charge in [-0.05, 0) is 18.6 Å². The summed E-state index contributed by atoms with van der Waals surface area (Å²) < 4.78 is 24.1. The van der Waals surface area contributed by atoms with Gasteiger partial charge in [-0.1, -0.05) is 12.1 Å². The monoisotopic (exact) mass is 277 g/mol. The predicted octanol–water partition coefficient (Wildman–Crippen LogP) is 1.99. The van der Waals surface area contributed by atoms with Crippen molar-refractivity contribution >= 4 is 0 Å². The van der Waals surface area contributed by atoms with Crippen LogP contribution in [0.25, 0.3) is 0 Å². The minimum absolute atomic E-state index is 0.219. The van der Waals surface area contributed by atoms with Gasteiger partial charge in [-0.2, -0.15) is 4.98 Å². The molecule has 0 amide bonds. The summed E-state index contributed by atoms with van der Waals surface area (Å²) in [6.07, 6.45) is 1.42. The summed E-state index contributed by atoms with van der Waals surface area (Å²) in [6, 6.07) is 4.10. The average Bonchev–Trinajstić information content (AvgIpc) is 2.46. The summed E-state index contributed by atoms with van der Waals surface area (Å²) >= 11 is 0. The second kappa shape index (κ2) is 5.83.